The minimum atomic E-state index is -0.346. The molecule has 1 N–H and O–H groups in total. The number of carbonyl (C=O) groups excluding carboxylic acids is 1. The zero-order chi connectivity index (χ0) is 27.4. The van der Waals surface area contributed by atoms with Crippen molar-refractivity contribution in [3.05, 3.63) is 63.2 Å². The van der Waals surface area contributed by atoms with Gasteiger partial charge >= 0.3 is 0 Å². The van der Waals surface area contributed by atoms with Crippen molar-refractivity contribution in [2.24, 2.45) is 4.99 Å². The lowest BCUT2D eigenvalue weighted by atomic mass is 10.1. The number of anilines is 5. The molecule has 0 radical (unpaired) electrons. The Labute approximate surface area is 242 Å². The Hall–Kier alpha value is -3.11. The molecule has 3 aliphatic rings. The van der Waals surface area contributed by atoms with Gasteiger partial charge in [-0.15, -0.1) is 0 Å². The van der Waals surface area contributed by atoms with Gasteiger partial charge in [0.2, 0.25) is 11.9 Å². The van der Waals surface area contributed by atoms with E-state index in [1.165, 1.54) is 11.1 Å². The highest BCUT2D eigenvalue weighted by Crippen LogP contribution is 2.40. The predicted octanol–water partition coefficient (Wildman–Crippen LogP) is 5.55. The van der Waals surface area contributed by atoms with Crippen LogP contribution >= 0.6 is 34.8 Å². The summed E-state index contributed by atoms with van der Waals surface area (Å²) >= 11 is 19.6. The largest absolute Gasteiger partial charge is 0.368 e. The highest BCUT2D eigenvalue weighted by Gasteiger charge is 2.41. The number of halogens is 3. The first-order chi connectivity index (χ1) is 18.7. The number of nitrogens with one attached hydrogen (secondary N) is 1. The van der Waals surface area contributed by atoms with E-state index in [4.69, 9.17) is 39.8 Å². The van der Waals surface area contributed by atoms with E-state index in [0.717, 1.165) is 18.8 Å². The summed E-state index contributed by atoms with van der Waals surface area (Å²) in [6.45, 7) is 7.39. The van der Waals surface area contributed by atoms with Crippen LogP contribution in [0.5, 0.6) is 0 Å². The molecule has 1 saturated heterocycles. The van der Waals surface area contributed by atoms with Crippen LogP contribution in [0.1, 0.15) is 24.2 Å². The normalized spacial score (nSPS) is 21.1. The van der Waals surface area contributed by atoms with Crippen molar-refractivity contribution < 1.29 is 4.79 Å². The fourth-order valence-electron chi connectivity index (χ4n) is 5.27. The molecule has 12 heteroatoms. The van der Waals surface area contributed by atoms with E-state index in [-0.39, 0.29) is 5.91 Å². The van der Waals surface area contributed by atoms with E-state index in [1.54, 1.807) is 18.2 Å². The van der Waals surface area contributed by atoms with E-state index in [0.29, 0.717) is 74.9 Å². The number of guanidine groups is 1. The first kappa shape index (κ1) is 26.1. The van der Waals surface area contributed by atoms with Crippen LogP contribution < -0.4 is 20.0 Å². The Kier molecular flexibility index (Phi) is 6.79. The van der Waals surface area contributed by atoms with Gasteiger partial charge in [0.25, 0.3) is 5.91 Å². The summed E-state index contributed by atoms with van der Waals surface area (Å²) in [5.41, 5.74) is 2.47. The average Bonchev–Trinajstić information content (AvgIpc) is 3.39. The Bertz CT molecular complexity index is 1470. The number of benzene rings is 2. The fourth-order valence-corrected chi connectivity index (χ4v) is 6.06. The topological polar surface area (TPSA) is 80.2 Å². The molecule has 2 aromatic carbocycles. The third-order valence-electron chi connectivity index (χ3n) is 7.56. The van der Waals surface area contributed by atoms with Gasteiger partial charge in [-0.2, -0.15) is 4.98 Å². The van der Waals surface area contributed by atoms with E-state index in [9.17, 15) is 4.79 Å². The number of hydrogen-bond acceptors (Lipinski definition) is 8. The van der Waals surface area contributed by atoms with Crippen LogP contribution in [-0.4, -0.2) is 72.0 Å². The van der Waals surface area contributed by atoms with Gasteiger partial charge < -0.3 is 10.2 Å². The van der Waals surface area contributed by atoms with Crippen molar-refractivity contribution in [1.82, 2.24) is 14.9 Å². The highest BCUT2D eigenvalue weighted by atomic mass is 35.5. The first-order valence-electron chi connectivity index (χ1n) is 12.7. The molecule has 1 aromatic heterocycles. The first-order valence-corrected chi connectivity index (χ1v) is 13.9. The van der Waals surface area contributed by atoms with Crippen LogP contribution in [0.2, 0.25) is 15.1 Å². The highest BCUT2D eigenvalue weighted by molar-refractivity contribution is 6.43. The van der Waals surface area contributed by atoms with E-state index < -0.39 is 0 Å². The second-order valence-corrected chi connectivity index (χ2v) is 11.3. The van der Waals surface area contributed by atoms with Crippen LogP contribution in [0, 0.1) is 0 Å². The summed E-state index contributed by atoms with van der Waals surface area (Å²) in [6.07, 6.45) is 1.51. The molecule has 3 aliphatic heterocycles. The number of para-hydroxylation sites is 1. The molecule has 0 bridgehead atoms. The maximum atomic E-state index is 13.6. The fraction of sp³-hybridized carbons (Fsp3) is 0.333. The molecule has 1 unspecified atom stereocenters. The summed E-state index contributed by atoms with van der Waals surface area (Å²) < 4.78 is 0. The van der Waals surface area contributed by atoms with Gasteiger partial charge in [0.05, 0.1) is 33.0 Å². The summed E-state index contributed by atoms with van der Waals surface area (Å²) in [4.78, 5) is 35.4. The number of amides is 1. The van der Waals surface area contributed by atoms with E-state index >= 15 is 0 Å². The maximum Gasteiger partial charge on any atom is 0.270 e. The van der Waals surface area contributed by atoms with Gasteiger partial charge in [-0.25, -0.2) is 9.88 Å². The zero-order valence-electron chi connectivity index (χ0n) is 21.7. The molecular weight excluding hydrogens is 559 g/mol. The summed E-state index contributed by atoms with van der Waals surface area (Å²) in [5, 5.41) is 4.49. The van der Waals surface area contributed by atoms with Gasteiger partial charge in [-0.1, -0.05) is 40.9 Å². The van der Waals surface area contributed by atoms with E-state index in [2.05, 4.69) is 52.1 Å². The molecular formula is C27H27Cl3N8O. The number of rotatable bonds is 4. The molecule has 202 valence electrons. The second-order valence-electron chi connectivity index (χ2n) is 10.0. The van der Waals surface area contributed by atoms with Gasteiger partial charge in [-0.05, 0) is 51.2 Å². The van der Waals surface area contributed by atoms with E-state index in [1.807, 2.05) is 17.0 Å². The third-order valence-corrected chi connectivity index (χ3v) is 8.48. The van der Waals surface area contributed by atoms with Gasteiger partial charge in [0, 0.05) is 43.6 Å². The number of likely N-dealkylation sites (N-methyl/N-ethyl adjacent to an activating group) is 1. The number of nitrogens with zero attached hydrogens (tertiary/aromatic N) is 7. The van der Waals surface area contributed by atoms with Crippen molar-refractivity contribution in [2.75, 3.05) is 53.2 Å². The van der Waals surface area contributed by atoms with Gasteiger partial charge in [0.1, 0.15) is 5.56 Å². The van der Waals surface area contributed by atoms with Crippen molar-refractivity contribution in [3.63, 3.8) is 0 Å². The van der Waals surface area contributed by atoms with Crippen molar-refractivity contribution in [2.45, 2.75) is 25.9 Å². The predicted molar refractivity (Wildman–Crippen MR) is 159 cm³/mol. The molecule has 3 aromatic rings. The van der Waals surface area contributed by atoms with Crippen LogP contribution in [0.25, 0.3) is 0 Å². The average molecular weight is 586 g/mol. The summed E-state index contributed by atoms with van der Waals surface area (Å²) in [7, 11) is 2.17. The molecule has 6 rings (SSSR count). The van der Waals surface area contributed by atoms with Crippen LogP contribution in [0.15, 0.2) is 47.6 Å². The SMILES string of the molecule is CC1CN(c2ccc(Nc3ncc4c(n3)N3CCN=C3N(c3c(Cl)cccc3Cl)C4=O)c(Cl)c2)C[C@H](C)N1C. The Morgan fingerprint density at radius 1 is 1.00 bits per heavy atom. The lowest BCUT2D eigenvalue weighted by Crippen LogP contribution is -2.55. The van der Waals surface area contributed by atoms with Gasteiger partial charge in [-0.3, -0.25) is 19.6 Å². The molecule has 2 atom stereocenters. The second kappa shape index (κ2) is 10.1. The monoisotopic (exact) mass is 584 g/mol. The molecule has 4 heterocycles. The minimum Gasteiger partial charge on any atom is -0.368 e. The lowest BCUT2D eigenvalue weighted by Gasteiger charge is -2.43. The minimum absolute atomic E-state index is 0.327. The zero-order valence-corrected chi connectivity index (χ0v) is 24.0. The maximum absolute atomic E-state index is 13.6. The molecule has 0 saturated carbocycles. The molecule has 39 heavy (non-hydrogen) atoms. The Morgan fingerprint density at radius 3 is 2.41 bits per heavy atom. The molecule has 0 aliphatic carbocycles. The molecule has 9 nitrogen and oxygen atoms in total. The summed E-state index contributed by atoms with van der Waals surface area (Å²) in [6, 6.07) is 12.0. The third kappa shape index (κ3) is 4.57. The number of hydrogen-bond donors (Lipinski definition) is 1. The van der Waals surface area contributed by atoms with Crippen LogP contribution in [0.4, 0.5) is 28.8 Å². The standard InChI is InChI=1S/C27H27Cl3N8O/c1-15-13-36(14-16(2)35(15)3)17-7-8-22(21(30)11-17)33-26-32-12-18-24(34-26)37-10-9-31-27(37)38(25(18)39)23-19(28)5-4-6-20(23)29/h4-8,11-12,15-16H,9-10,13-14H2,1-3H3,(H,32,33,34)/t15-,16?/m0/s1. The molecule has 1 amide bonds. The lowest BCUT2D eigenvalue weighted by molar-refractivity contribution is 0.1000. The summed E-state index contributed by atoms with van der Waals surface area (Å²) in [5.74, 6) is 0.890. The molecule has 1 fully saturated rings. The molecule has 0 spiro atoms. The number of aromatic nitrogens is 2. The van der Waals surface area contributed by atoms with Crippen molar-refractivity contribution in [1.29, 1.82) is 0 Å². The van der Waals surface area contributed by atoms with Crippen LogP contribution in [-0.2, 0) is 0 Å². The van der Waals surface area contributed by atoms with Crippen molar-refractivity contribution in [3.8, 4) is 0 Å². The van der Waals surface area contributed by atoms with Crippen molar-refractivity contribution >= 4 is 75.5 Å². The Morgan fingerprint density at radius 2 is 1.72 bits per heavy atom. The number of fused-ring (bicyclic) bond motifs is 3. The van der Waals surface area contributed by atoms with Crippen LogP contribution in [0.3, 0.4) is 0 Å². The quantitative estimate of drug-likeness (QED) is 0.430. The van der Waals surface area contributed by atoms with Gasteiger partial charge in [0.15, 0.2) is 5.82 Å². The number of aliphatic imine (C=N–C) groups is 1. The Balaban J connectivity index is 1.28. The number of piperazine rings is 1. The smallest absolute Gasteiger partial charge is 0.270 e. The number of carbonyl (C=O) groups is 1.